The van der Waals surface area contributed by atoms with E-state index in [1.54, 1.807) is 0 Å². The summed E-state index contributed by atoms with van der Waals surface area (Å²) in [6, 6.07) is 5.62. The van der Waals surface area contributed by atoms with Crippen molar-refractivity contribution in [3.8, 4) is 0 Å². The number of hydrogen-bond acceptors (Lipinski definition) is 4. The lowest BCUT2D eigenvalue weighted by molar-refractivity contribution is 0.0903. The minimum absolute atomic E-state index is 0.190. The smallest absolute Gasteiger partial charge is 0.251 e. The molecule has 3 N–H and O–H groups in total. The fourth-order valence-electron chi connectivity index (χ4n) is 1.33. The van der Waals surface area contributed by atoms with Crippen LogP contribution >= 0.6 is 0 Å². The van der Waals surface area contributed by atoms with Crippen LogP contribution in [0.2, 0.25) is 0 Å². The Kier molecular flexibility index (Phi) is 4.37. The molecular formula is C13H20N2O3S. The fourth-order valence-corrected chi connectivity index (χ4v) is 1.96. The topological polar surface area (TPSA) is 89.3 Å². The standard InChI is InChI=1S/C13H20N2O3S/c1-9(14)13(2,3)15-12(16)10-5-7-11(8-6-10)19(4,17)18/h5-9H,14H2,1-4H3,(H,15,16). The minimum Gasteiger partial charge on any atom is -0.346 e. The van der Waals surface area contributed by atoms with Gasteiger partial charge in [0.2, 0.25) is 0 Å². The van der Waals surface area contributed by atoms with E-state index < -0.39 is 15.4 Å². The van der Waals surface area contributed by atoms with Crippen molar-refractivity contribution in [2.45, 2.75) is 37.2 Å². The average molecular weight is 284 g/mol. The van der Waals surface area contributed by atoms with E-state index in [9.17, 15) is 13.2 Å². The van der Waals surface area contributed by atoms with Crippen molar-refractivity contribution in [2.24, 2.45) is 5.73 Å². The molecule has 1 aromatic rings. The molecule has 0 fully saturated rings. The Morgan fingerprint density at radius 1 is 1.26 bits per heavy atom. The van der Waals surface area contributed by atoms with E-state index in [4.69, 9.17) is 5.73 Å². The van der Waals surface area contributed by atoms with Crippen molar-refractivity contribution in [3.63, 3.8) is 0 Å². The molecule has 0 aliphatic heterocycles. The van der Waals surface area contributed by atoms with E-state index in [2.05, 4.69) is 5.32 Å². The lowest BCUT2D eigenvalue weighted by Gasteiger charge is -2.30. The normalized spacial score (nSPS) is 13.9. The second-order valence-electron chi connectivity index (χ2n) is 5.26. The zero-order valence-corrected chi connectivity index (χ0v) is 12.4. The molecule has 0 saturated carbocycles. The van der Waals surface area contributed by atoms with E-state index in [0.717, 1.165) is 6.26 Å². The highest BCUT2D eigenvalue weighted by Gasteiger charge is 2.25. The number of carbonyl (C=O) groups excluding carboxylic acids is 1. The van der Waals surface area contributed by atoms with Crippen molar-refractivity contribution in [1.82, 2.24) is 5.32 Å². The summed E-state index contributed by atoms with van der Waals surface area (Å²) in [5, 5.41) is 2.82. The first-order valence-electron chi connectivity index (χ1n) is 5.92. The Labute approximate surface area is 114 Å². The Hall–Kier alpha value is -1.40. The van der Waals surface area contributed by atoms with Crippen LogP contribution in [0.3, 0.4) is 0 Å². The highest BCUT2D eigenvalue weighted by Crippen LogP contribution is 2.12. The fraction of sp³-hybridized carbons (Fsp3) is 0.462. The summed E-state index contributed by atoms with van der Waals surface area (Å²) in [6.45, 7) is 5.48. The van der Waals surface area contributed by atoms with Crippen molar-refractivity contribution >= 4 is 15.7 Å². The quantitative estimate of drug-likeness (QED) is 0.861. The van der Waals surface area contributed by atoms with Gasteiger partial charge in [-0.3, -0.25) is 4.79 Å². The number of carbonyl (C=O) groups is 1. The number of benzene rings is 1. The van der Waals surface area contributed by atoms with Crippen LogP contribution in [0.4, 0.5) is 0 Å². The molecule has 1 amide bonds. The summed E-state index contributed by atoms with van der Waals surface area (Å²) in [5.74, 6) is -0.276. The van der Waals surface area contributed by atoms with E-state index in [1.165, 1.54) is 24.3 Å². The maximum absolute atomic E-state index is 12.0. The first-order valence-corrected chi connectivity index (χ1v) is 7.81. The molecule has 6 heteroatoms. The van der Waals surface area contributed by atoms with E-state index in [-0.39, 0.29) is 16.8 Å². The van der Waals surface area contributed by atoms with Gasteiger partial charge in [0.15, 0.2) is 9.84 Å². The first kappa shape index (κ1) is 15.7. The van der Waals surface area contributed by atoms with Gasteiger partial charge in [0.1, 0.15) is 0 Å². The second kappa shape index (κ2) is 5.30. The molecule has 106 valence electrons. The first-order chi connectivity index (χ1) is 8.54. The van der Waals surface area contributed by atoms with E-state index >= 15 is 0 Å². The van der Waals surface area contributed by atoms with E-state index in [0.29, 0.717) is 5.56 Å². The molecule has 0 radical (unpaired) electrons. The molecule has 1 aromatic carbocycles. The van der Waals surface area contributed by atoms with E-state index in [1.807, 2.05) is 20.8 Å². The van der Waals surface area contributed by atoms with Crippen LogP contribution in [0.15, 0.2) is 29.2 Å². The van der Waals surface area contributed by atoms with Crippen molar-refractivity contribution in [3.05, 3.63) is 29.8 Å². The molecular weight excluding hydrogens is 264 g/mol. The second-order valence-corrected chi connectivity index (χ2v) is 7.28. The summed E-state index contributed by atoms with van der Waals surface area (Å²) in [7, 11) is -3.25. The van der Waals surface area contributed by atoms with Crippen LogP contribution in [-0.4, -0.2) is 32.2 Å². The summed E-state index contributed by atoms with van der Waals surface area (Å²) >= 11 is 0. The summed E-state index contributed by atoms with van der Waals surface area (Å²) in [5.41, 5.74) is 5.65. The number of sulfone groups is 1. The Balaban J connectivity index is 2.91. The average Bonchev–Trinajstić information content (AvgIpc) is 2.27. The number of nitrogens with one attached hydrogen (secondary N) is 1. The monoisotopic (exact) mass is 284 g/mol. The summed E-state index contributed by atoms with van der Waals surface area (Å²) < 4.78 is 22.6. The van der Waals surface area contributed by atoms with Crippen LogP contribution in [0, 0.1) is 0 Å². The van der Waals surface area contributed by atoms with Gasteiger partial charge < -0.3 is 11.1 Å². The molecule has 1 rings (SSSR count). The third-order valence-corrected chi connectivity index (χ3v) is 4.25. The van der Waals surface area contributed by atoms with Gasteiger partial charge in [0.25, 0.3) is 5.91 Å². The van der Waals surface area contributed by atoms with Crippen LogP contribution in [0.1, 0.15) is 31.1 Å². The number of amides is 1. The minimum atomic E-state index is -3.25. The summed E-state index contributed by atoms with van der Waals surface area (Å²) in [6.07, 6.45) is 1.13. The number of nitrogens with two attached hydrogens (primary N) is 1. The number of hydrogen-bond donors (Lipinski definition) is 2. The van der Waals surface area contributed by atoms with Crippen molar-refractivity contribution in [2.75, 3.05) is 6.26 Å². The van der Waals surface area contributed by atoms with Gasteiger partial charge in [-0.25, -0.2) is 8.42 Å². The predicted molar refractivity (Wildman–Crippen MR) is 74.7 cm³/mol. The largest absolute Gasteiger partial charge is 0.346 e. The van der Waals surface area contributed by atoms with Gasteiger partial charge in [-0.2, -0.15) is 0 Å². The molecule has 0 saturated heterocycles. The molecule has 0 aliphatic carbocycles. The Bertz CT molecular complexity index is 560. The molecule has 19 heavy (non-hydrogen) atoms. The lowest BCUT2D eigenvalue weighted by atomic mass is 9.96. The van der Waals surface area contributed by atoms with Crippen LogP contribution in [0.5, 0.6) is 0 Å². The molecule has 5 nitrogen and oxygen atoms in total. The van der Waals surface area contributed by atoms with Crippen LogP contribution in [0.25, 0.3) is 0 Å². The zero-order valence-electron chi connectivity index (χ0n) is 11.6. The zero-order chi connectivity index (χ0) is 14.8. The Morgan fingerprint density at radius 2 is 1.74 bits per heavy atom. The number of rotatable bonds is 4. The van der Waals surface area contributed by atoms with Gasteiger partial charge >= 0.3 is 0 Å². The Morgan fingerprint density at radius 3 is 2.11 bits per heavy atom. The SMILES string of the molecule is CC(N)C(C)(C)NC(=O)c1ccc(S(C)(=O)=O)cc1. The van der Waals surface area contributed by atoms with Gasteiger partial charge in [-0.1, -0.05) is 0 Å². The molecule has 0 bridgehead atoms. The van der Waals surface area contributed by atoms with Crippen molar-refractivity contribution < 1.29 is 13.2 Å². The maximum Gasteiger partial charge on any atom is 0.251 e. The third-order valence-electron chi connectivity index (χ3n) is 3.12. The van der Waals surface area contributed by atoms with Crippen LogP contribution in [-0.2, 0) is 9.84 Å². The van der Waals surface area contributed by atoms with Gasteiger partial charge in [0.05, 0.1) is 4.90 Å². The molecule has 1 unspecified atom stereocenters. The maximum atomic E-state index is 12.0. The highest BCUT2D eigenvalue weighted by molar-refractivity contribution is 7.90. The lowest BCUT2D eigenvalue weighted by Crippen LogP contribution is -2.54. The van der Waals surface area contributed by atoms with Gasteiger partial charge in [-0.05, 0) is 45.0 Å². The van der Waals surface area contributed by atoms with Crippen molar-refractivity contribution in [1.29, 1.82) is 0 Å². The highest BCUT2D eigenvalue weighted by atomic mass is 32.2. The van der Waals surface area contributed by atoms with Gasteiger partial charge in [0, 0.05) is 23.4 Å². The molecule has 0 aromatic heterocycles. The van der Waals surface area contributed by atoms with Crippen LogP contribution < -0.4 is 11.1 Å². The van der Waals surface area contributed by atoms with Gasteiger partial charge in [-0.15, -0.1) is 0 Å². The molecule has 0 aliphatic rings. The molecule has 0 heterocycles. The molecule has 1 atom stereocenters. The summed E-state index contributed by atoms with van der Waals surface area (Å²) in [4.78, 5) is 12.2. The third kappa shape index (κ3) is 4.04. The predicted octanol–water partition coefficient (Wildman–Crippen LogP) is 0.946. The molecule has 0 spiro atoms.